The number of amides is 2. The van der Waals surface area contributed by atoms with Crippen LogP contribution in [0.5, 0.6) is 0 Å². The lowest BCUT2D eigenvalue weighted by atomic mass is 9.97. The average molecular weight is 268 g/mol. The molecule has 1 fully saturated rings. The molecule has 5 heteroatoms. The van der Waals surface area contributed by atoms with Crippen molar-refractivity contribution in [3.05, 3.63) is 12.2 Å². The highest BCUT2D eigenvalue weighted by atomic mass is 16.5. The molecular formula is C14H24N2O3. The second-order valence-corrected chi connectivity index (χ2v) is 5.46. The van der Waals surface area contributed by atoms with Gasteiger partial charge in [-0.3, -0.25) is 9.59 Å². The van der Waals surface area contributed by atoms with E-state index in [1.54, 1.807) is 11.8 Å². The van der Waals surface area contributed by atoms with E-state index in [0.29, 0.717) is 19.8 Å². The van der Waals surface area contributed by atoms with Crippen molar-refractivity contribution in [2.24, 2.45) is 5.92 Å². The van der Waals surface area contributed by atoms with Gasteiger partial charge in [0.1, 0.15) is 12.1 Å². The fraction of sp³-hybridized carbons (Fsp3) is 0.714. The Bertz CT molecular complexity index is 366. The molecule has 0 aromatic heterocycles. The monoisotopic (exact) mass is 268 g/mol. The standard InChI is InChI=1S/C14H24N2O3/c1-9(2)8-19-7-6-16-12(10(3)4)13(17)15-11(5)14(16)18/h10-12H,1,6-8H2,2-5H3,(H,15,17). The molecule has 0 saturated carbocycles. The number of nitrogens with one attached hydrogen (secondary N) is 1. The van der Waals surface area contributed by atoms with Crippen molar-refractivity contribution in [3.63, 3.8) is 0 Å². The molecule has 1 rings (SSSR count). The molecule has 0 radical (unpaired) electrons. The van der Waals surface area contributed by atoms with Crippen LogP contribution >= 0.6 is 0 Å². The third kappa shape index (κ3) is 4.06. The van der Waals surface area contributed by atoms with E-state index in [9.17, 15) is 9.59 Å². The van der Waals surface area contributed by atoms with E-state index in [4.69, 9.17) is 4.74 Å². The maximum Gasteiger partial charge on any atom is 0.245 e. The van der Waals surface area contributed by atoms with Crippen LogP contribution in [0.15, 0.2) is 12.2 Å². The molecule has 2 atom stereocenters. The summed E-state index contributed by atoms with van der Waals surface area (Å²) in [5.74, 6) is -0.0446. The Morgan fingerprint density at radius 1 is 1.47 bits per heavy atom. The number of carbonyl (C=O) groups excluding carboxylic acids is 2. The lowest BCUT2D eigenvalue weighted by molar-refractivity contribution is -0.151. The van der Waals surface area contributed by atoms with Crippen molar-refractivity contribution < 1.29 is 14.3 Å². The number of rotatable bonds is 6. The first-order valence-electron chi connectivity index (χ1n) is 6.67. The molecule has 19 heavy (non-hydrogen) atoms. The molecular weight excluding hydrogens is 244 g/mol. The molecule has 5 nitrogen and oxygen atoms in total. The topological polar surface area (TPSA) is 58.6 Å². The highest BCUT2D eigenvalue weighted by Gasteiger charge is 2.39. The smallest absolute Gasteiger partial charge is 0.245 e. The molecule has 1 N–H and O–H groups in total. The van der Waals surface area contributed by atoms with Crippen molar-refractivity contribution in [1.82, 2.24) is 10.2 Å². The van der Waals surface area contributed by atoms with Gasteiger partial charge in [-0.2, -0.15) is 0 Å². The van der Waals surface area contributed by atoms with Crippen LogP contribution in [0.1, 0.15) is 27.7 Å². The second-order valence-electron chi connectivity index (χ2n) is 5.46. The van der Waals surface area contributed by atoms with E-state index in [1.165, 1.54) is 0 Å². The van der Waals surface area contributed by atoms with Gasteiger partial charge in [0.05, 0.1) is 13.2 Å². The van der Waals surface area contributed by atoms with Crippen LogP contribution in [-0.2, 0) is 14.3 Å². The number of ether oxygens (including phenoxy) is 1. The fourth-order valence-corrected chi connectivity index (χ4v) is 2.21. The Morgan fingerprint density at radius 3 is 2.63 bits per heavy atom. The minimum Gasteiger partial charge on any atom is -0.375 e. The summed E-state index contributed by atoms with van der Waals surface area (Å²) in [5.41, 5.74) is 0.941. The summed E-state index contributed by atoms with van der Waals surface area (Å²) in [6.45, 7) is 12.6. The third-order valence-corrected chi connectivity index (χ3v) is 3.07. The Hall–Kier alpha value is -1.36. The van der Waals surface area contributed by atoms with Crippen LogP contribution in [0, 0.1) is 5.92 Å². The van der Waals surface area contributed by atoms with Crippen LogP contribution in [-0.4, -0.2) is 48.6 Å². The summed E-state index contributed by atoms with van der Waals surface area (Å²) in [7, 11) is 0. The average Bonchev–Trinajstić information content (AvgIpc) is 2.29. The van der Waals surface area contributed by atoms with Gasteiger partial charge >= 0.3 is 0 Å². The lowest BCUT2D eigenvalue weighted by Gasteiger charge is -2.39. The second kappa shape index (κ2) is 6.70. The predicted octanol–water partition coefficient (Wildman–Crippen LogP) is 0.951. The van der Waals surface area contributed by atoms with E-state index in [-0.39, 0.29) is 17.7 Å². The minimum atomic E-state index is -0.455. The highest BCUT2D eigenvalue weighted by molar-refractivity contribution is 5.96. The first-order valence-corrected chi connectivity index (χ1v) is 6.67. The first kappa shape index (κ1) is 15.7. The van der Waals surface area contributed by atoms with Crippen molar-refractivity contribution in [2.45, 2.75) is 39.8 Å². The maximum atomic E-state index is 12.2. The number of hydrogen-bond acceptors (Lipinski definition) is 3. The summed E-state index contributed by atoms with van der Waals surface area (Å²) >= 11 is 0. The number of piperazine rings is 1. The largest absolute Gasteiger partial charge is 0.375 e. The zero-order valence-corrected chi connectivity index (χ0v) is 12.2. The predicted molar refractivity (Wildman–Crippen MR) is 73.6 cm³/mol. The third-order valence-electron chi connectivity index (χ3n) is 3.07. The van der Waals surface area contributed by atoms with Gasteiger partial charge in [-0.1, -0.05) is 26.0 Å². The van der Waals surface area contributed by atoms with Crippen LogP contribution in [0.3, 0.4) is 0 Å². The zero-order valence-electron chi connectivity index (χ0n) is 12.2. The molecule has 1 saturated heterocycles. The molecule has 2 amide bonds. The number of nitrogens with zero attached hydrogens (tertiary/aromatic N) is 1. The maximum absolute atomic E-state index is 12.2. The molecule has 108 valence electrons. The van der Waals surface area contributed by atoms with Crippen molar-refractivity contribution in [3.8, 4) is 0 Å². The SMILES string of the molecule is C=C(C)COCCN1C(=O)C(C)NC(=O)C1C(C)C. The van der Waals surface area contributed by atoms with E-state index in [1.807, 2.05) is 20.8 Å². The number of hydrogen-bond donors (Lipinski definition) is 1. The molecule has 0 aromatic rings. The van der Waals surface area contributed by atoms with Crippen molar-refractivity contribution in [1.29, 1.82) is 0 Å². The summed E-state index contributed by atoms with van der Waals surface area (Å²) in [4.78, 5) is 25.8. The van der Waals surface area contributed by atoms with Crippen LogP contribution in [0.4, 0.5) is 0 Å². The Kier molecular flexibility index (Phi) is 5.54. The molecule has 2 unspecified atom stereocenters. The molecule has 0 aliphatic carbocycles. The summed E-state index contributed by atoms with van der Waals surface area (Å²) < 4.78 is 5.42. The van der Waals surface area contributed by atoms with Gasteiger partial charge in [0.15, 0.2) is 0 Å². The Labute approximate surface area is 115 Å². The van der Waals surface area contributed by atoms with Gasteiger partial charge in [0.2, 0.25) is 11.8 Å². The molecule has 1 heterocycles. The first-order chi connectivity index (χ1) is 8.84. The van der Waals surface area contributed by atoms with Crippen LogP contribution < -0.4 is 5.32 Å². The van der Waals surface area contributed by atoms with Gasteiger partial charge in [0.25, 0.3) is 0 Å². The summed E-state index contributed by atoms with van der Waals surface area (Å²) in [6.07, 6.45) is 0. The summed E-state index contributed by atoms with van der Waals surface area (Å²) in [5, 5.41) is 2.71. The van der Waals surface area contributed by atoms with Crippen LogP contribution in [0.25, 0.3) is 0 Å². The molecule has 0 bridgehead atoms. The van der Waals surface area contributed by atoms with Crippen LogP contribution in [0.2, 0.25) is 0 Å². The molecule has 1 aliphatic rings. The van der Waals surface area contributed by atoms with Gasteiger partial charge < -0.3 is 15.0 Å². The van der Waals surface area contributed by atoms with Crippen molar-refractivity contribution in [2.75, 3.05) is 19.8 Å². The van der Waals surface area contributed by atoms with Gasteiger partial charge in [0, 0.05) is 6.54 Å². The van der Waals surface area contributed by atoms with E-state index < -0.39 is 12.1 Å². The minimum absolute atomic E-state index is 0.0442. The Balaban J connectivity index is 2.65. The van der Waals surface area contributed by atoms with Gasteiger partial charge in [-0.05, 0) is 19.8 Å². The number of carbonyl (C=O) groups is 2. The molecule has 1 aliphatic heterocycles. The highest BCUT2D eigenvalue weighted by Crippen LogP contribution is 2.17. The van der Waals surface area contributed by atoms with E-state index in [2.05, 4.69) is 11.9 Å². The Morgan fingerprint density at radius 2 is 2.11 bits per heavy atom. The van der Waals surface area contributed by atoms with E-state index >= 15 is 0 Å². The van der Waals surface area contributed by atoms with Crippen molar-refractivity contribution >= 4 is 11.8 Å². The van der Waals surface area contributed by atoms with Gasteiger partial charge in [-0.25, -0.2) is 0 Å². The fourth-order valence-electron chi connectivity index (χ4n) is 2.21. The molecule has 0 spiro atoms. The normalized spacial score (nSPS) is 23.7. The zero-order chi connectivity index (χ0) is 14.6. The molecule has 0 aromatic carbocycles. The van der Waals surface area contributed by atoms with E-state index in [0.717, 1.165) is 5.57 Å². The quantitative estimate of drug-likeness (QED) is 0.576. The lowest BCUT2D eigenvalue weighted by Crippen LogP contribution is -2.64. The summed E-state index contributed by atoms with van der Waals surface area (Å²) in [6, 6.07) is -0.860. The van der Waals surface area contributed by atoms with Gasteiger partial charge in [-0.15, -0.1) is 0 Å².